The summed E-state index contributed by atoms with van der Waals surface area (Å²) in [5, 5.41) is 27.4. The molecule has 14 nitrogen and oxygen atoms in total. The molecule has 0 spiro atoms. The molecule has 6 unspecified atom stereocenters. The number of nitrogens with zero attached hydrogens (tertiary/aromatic N) is 2. The smallest absolute Gasteiger partial charge is 0.417 e. The summed E-state index contributed by atoms with van der Waals surface area (Å²) in [5.41, 5.74) is 2.94. The van der Waals surface area contributed by atoms with Crippen molar-refractivity contribution in [1.29, 1.82) is 0 Å². The van der Waals surface area contributed by atoms with Crippen LogP contribution in [0.4, 0.5) is 15.3 Å². The van der Waals surface area contributed by atoms with Crippen molar-refractivity contribution in [2.24, 2.45) is 22.9 Å². The molecule has 6 rings (SSSR count). The van der Waals surface area contributed by atoms with Gasteiger partial charge in [0.1, 0.15) is 41.2 Å². The van der Waals surface area contributed by atoms with E-state index in [2.05, 4.69) is 18.0 Å². The van der Waals surface area contributed by atoms with E-state index in [1.165, 1.54) is 7.11 Å². The molecule has 1 saturated carbocycles. The first-order chi connectivity index (χ1) is 30.4. The zero-order valence-corrected chi connectivity index (χ0v) is 37.3. The third kappa shape index (κ3) is 11.0. The molecule has 14 heteroatoms. The van der Waals surface area contributed by atoms with Crippen LogP contribution < -0.4 is 24.3 Å². The minimum absolute atomic E-state index is 0.00918. The summed E-state index contributed by atoms with van der Waals surface area (Å²) in [7, 11) is 4.74. The number of hydrogen-bond donors (Lipinski definition) is 3. The Balaban J connectivity index is 1.49. The van der Waals surface area contributed by atoms with Gasteiger partial charge < -0.3 is 48.4 Å². The second kappa shape index (κ2) is 21.2. The molecule has 340 valence electrons. The van der Waals surface area contributed by atoms with Crippen molar-refractivity contribution >= 4 is 23.6 Å². The Morgan fingerprint density at radius 2 is 1.70 bits per heavy atom. The molecule has 3 aromatic rings. The van der Waals surface area contributed by atoms with Crippen LogP contribution in [0.15, 0.2) is 96.2 Å². The highest BCUT2D eigenvalue weighted by atomic mass is 16.7. The number of amides is 2. The second-order valence-electron chi connectivity index (χ2n) is 17.2. The minimum Gasteiger partial charge on any atom is -0.497 e. The number of rotatable bonds is 19. The summed E-state index contributed by atoms with van der Waals surface area (Å²) >= 11 is 0. The van der Waals surface area contributed by atoms with Gasteiger partial charge in [0, 0.05) is 44.2 Å². The fraction of sp³-hybridized carbons (Fsp3) is 0.490. The highest BCUT2D eigenvalue weighted by Gasteiger charge is 2.65. The molecule has 2 amide bonds. The Morgan fingerprint density at radius 1 is 0.968 bits per heavy atom. The molecule has 0 radical (unpaired) electrons. The first-order valence-corrected chi connectivity index (χ1v) is 21.8. The lowest BCUT2D eigenvalue weighted by atomic mass is 9.55. The molecule has 1 fully saturated rings. The van der Waals surface area contributed by atoms with E-state index in [-0.39, 0.29) is 56.4 Å². The third-order valence-corrected chi connectivity index (χ3v) is 11.9. The number of carbonyl (C=O) groups excluding carboxylic acids is 2. The molecule has 0 bridgehead atoms. The Morgan fingerprint density at radius 3 is 2.38 bits per heavy atom. The molecule has 3 aromatic carbocycles. The fourth-order valence-corrected chi connectivity index (χ4v) is 9.08. The standard InChI is InChI=1S/C49H63N3O11/c1-8-26-60-49-43(52(5)47(56)59-31-32-16-10-9-11-17-32)30-40(51-63-48(2,3)4)37-27-33(18-12-14-24-53)36(19-13-15-25-54)44(45(37)49)38-28-35(21-23-41(38)62-49)61-46(55)50-39-22-20-34(57-6)29-42(39)58-7/h8-11,16-17,20-23,27-29,33,36,43-45,53-54H,1,12-15,18-19,24-26,30-31H2,2-7H3,(H,50,55). The number of allylic oxidation sites excluding steroid dienone is 1. The maximum absolute atomic E-state index is 14.2. The van der Waals surface area contributed by atoms with Crippen LogP contribution in [0.25, 0.3) is 0 Å². The van der Waals surface area contributed by atoms with Gasteiger partial charge in [0.15, 0.2) is 0 Å². The van der Waals surface area contributed by atoms with Crippen LogP contribution in [0, 0.1) is 17.8 Å². The lowest BCUT2D eigenvalue weighted by molar-refractivity contribution is -0.253. The number of benzene rings is 3. The number of aliphatic hydroxyl groups excluding tert-OH is 2. The number of unbranched alkanes of at least 4 members (excludes halogenated alkanes) is 2. The zero-order valence-electron chi connectivity index (χ0n) is 37.3. The van der Waals surface area contributed by atoms with Gasteiger partial charge in [0.25, 0.3) is 0 Å². The number of methoxy groups -OCH3 is 2. The van der Waals surface area contributed by atoms with Crippen LogP contribution in [0.3, 0.4) is 0 Å². The molecule has 3 aliphatic rings. The van der Waals surface area contributed by atoms with Crippen LogP contribution in [-0.4, -0.2) is 91.5 Å². The van der Waals surface area contributed by atoms with Crippen LogP contribution in [0.1, 0.15) is 82.8 Å². The van der Waals surface area contributed by atoms with Crippen LogP contribution in [0.2, 0.25) is 0 Å². The minimum atomic E-state index is -1.48. The number of aliphatic hydroxyl groups is 2. The van der Waals surface area contributed by atoms with E-state index in [1.54, 1.807) is 55.5 Å². The van der Waals surface area contributed by atoms with Crippen molar-refractivity contribution in [3.63, 3.8) is 0 Å². The van der Waals surface area contributed by atoms with Crippen molar-refractivity contribution in [2.75, 3.05) is 46.4 Å². The van der Waals surface area contributed by atoms with Crippen molar-refractivity contribution in [1.82, 2.24) is 4.90 Å². The zero-order chi connectivity index (χ0) is 45.1. The van der Waals surface area contributed by atoms with Gasteiger partial charge in [-0.1, -0.05) is 60.5 Å². The summed E-state index contributed by atoms with van der Waals surface area (Å²) in [6, 6.07) is 19.0. The van der Waals surface area contributed by atoms with Crippen molar-refractivity contribution < 1.29 is 53.1 Å². The number of anilines is 1. The van der Waals surface area contributed by atoms with Crippen molar-refractivity contribution in [3.8, 4) is 23.0 Å². The van der Waals surface area contributed by atoms with Gasteiger partial charge in [-0.25, -0.2) is 9.59 Å². The van der Waals surface area contributed by atoms with Gasteiger partial charge in [-0.15, -0.1) is 6.58 Å². The normalized spacial score (nSPS) is 23.0. The summed E-state index contributed by atoms with van der Waals surface area (Å²) in [6.45, 7) is 10.1. The molecule has 0 saturated heterocycles. The van der Waals surface area contributed by atoms with Gasteiger partial charge >= 0.3 is 12.2 Å². The van der Waals surface area contributed by atoms with Crippen molar-refractivity contribution in [3.05, 3.63) is 102 Å². The average Bonchev–Trinajstić information content (AvgIpc) is 3.27. The van der Waals surface area contributed by atoms with E-state index >= 15 is 0 Å². The molecular formula is C49H63N3O11. The molecule has 0 aromatic heterocycles. The van der Waals surface area contributed by atoms with Crippen LogP contribution >= 0.6 is 0 Å². The largest absolute Gasteiger partial charge is 0.497 e. The number of oxime groups is 1. The maximum atomic E-state index is 14.2. The Hall–Kier alpha value is -5.57. The van der Waals surface area contributed by atoms with Gasteiger partial charge in [-0.3, -0.25) is 5.32 Å². The summed E-state index contributed by atoms with van der Waals surface area (Å²) in [6.07, 6.45) is 7.13. The van der Waals surface area contributed by atoms with Gasteiger partial charge in [-0.05, 0) is 99.8 Å². The molecule has 63 heavy (non-hydrogen) atoms. The van der Waals surface area contributed by atoms with E-state index in [4.69, 9.17) is 38.4 Å². The monoisotopic (exact) mass is 869 g/mol. The summed E-state index contributed by atoms with van der Waals surface area (Å²) in [4.78, 5) is 35.4. The Labute approximate surface area is 370 Å². The molecular weight excluding hydrogens is 807 g/mol. The van der Waals surface area contributed by atoms with Crippen LogP contribution in [0.5, 0.6) is 23.0 Å². The second-order valence-corrected chi connectivity index (χ2v) is 17.2. The Bertz CT molecular complexity index is 2100. The predicted octanol–water partition coefficient (Wildman–Crippen LogP) is 9.02. The average molecular weight is 870 g/mol. The lowest BCUT2D eigenvalue weighted by Gasteiger charge is -2.59. The highest BCUT2D eigenvalue weighted by molar-refractivity contribution is 6.03. The number of hydrogen-bond acceptors (Lipinski definition) is 12. The predicted molar refractivity (Wildman–Crippen MR) is 239 cm³/mol. The number of nitrogens with one attached hydrogen (secondary N) is 1. The van der Waals surface area contributed by atoms with Crippen LogP contribution in [-0.2, 0) is 20.9 Å². The van der Waals surface area contributed by atoms with E-state index in [0.29, 0.717) is 41.5 Å². The number of likely N-dealkylation sites (N-methyl/N-ethyl adjacent to an activating group) is 1. The highest BCUT2D eigenvalue weighted by Crippen LogP contribution is 2.62. The molecule has 1 heterocycles. The maximum Gasteiger partial charge on any atom is 0.417 e. The number of carbonyl (C=O) groups is 2. The molecule has 1 aliphatic heterocycles. The fourth-order valence-electron chi connectivity index (χ4n) is 9.08. The van der Waals surface area contributed by atoms with Gasteiger partial charge in [0.05, 0.1) is 38.1 Å². The molecule has 2 aliphatic carbocycles. The third-order valence-electron chi connectivity index (χ3n) is 11.9. The molecule has 3 N–H and O–H groups in total. The SMILES string of the molecule is C=CCOC12Oc3ccc(OC(=O)Nc4ccc(OC)cc4OC)cc3C3C(CCCCO)C(CCCCO)C=C(C(=NOC(C)(C)C)CC1N(C)C(=O)OCc1ccccc1)C32. The summed E-state index contributed by atoms with van der Waals surface area (Å²) < 4.78 is 36.9. The first kappa shape index (κ1) is 46.9. The van der Waals surface area contributed by atoms with E-state index < -0.39 is 35.5 Å². The number of fused-ring (bicyclic) bond motifs is 2. The van der Waals surface area contributed by atoms with Gasteiger partial charge in [0.2, 0.25) is 5.79 Å². The summed E-state index contributed by atoms with van der Waals surface area (Å²) in [5.74, 6) is -0.644. The topological polar surface area (TPSA) is 167 Å². The van der Waals surface area contributed by atoms with Crippen molar-refractivity contribution in [2.45, 2.75) is 95.7 Å². The number of ether oxygens (including phenoxy) is 6. The van der Waals surface area contributed by atoms with E-state index in [0.717, 1.165) is 42.4 Å². The first-order valence-electron chi connectivity index (χ1n) is 21.8. The molecule has 6 atom stereocenters. The van der Waals surface area contributed by atoms with E-state index in [9.17, 15) is 19.8 Å². The van der Waals surface area contributed by atoms with Gasteiger partial charge in [-0.2, -0.15) is 0 Å². The lowest BCUT2D eigenvalue weighted by Crippen LogP contribution is -2.69. The Kier molecular flexibility index (Phi) is 15.8. The quantitative estimate of drug-likeness (QED) is 0.0598. The van der Waals surface area contributed by atoms with E-state index in [1.807, 2.05) is 57.2 Å².